The summed E-state index contributed by atoms with van der Waals surface area (Å²) >= 11 is 4.82. The predicted octanol–water partition coefficient (Wildman–Crippen LogP) is 2.16. The van der Waals surface area contributed by atoms with Gasteiger partial charge in [-0.2, -0.15) is 4.68 Å². The molecule has 22 heavy (non-hydrogen) atoms. The number of nitrogen functional groups attached to an aromatic ring is 1. The maximum absolute atomic E-state index is 10.8. The lowest BCUT2D eigenvalue weighted by atomic mass is 10.2. The molecule has 0 saturated heterocycles. The zero-order chi connectivity index (χ0) is 15.9. The van der Waals surface area contributed by atoms with Crippen molar-refractivity contribution in [3.63, 3.8) is 0 Å². The number of hydrogen-bond donors (Lipinski definition) is 4. The third-order valence-corrected chi connectivity index (χ3v) is 3.16. The fraction of sp³-hybridized carbons (Fsp3) is 0. The van der Waals surface area contributed by atoms with Crippen molar-refractivity contribution in [3.05, 3.63) is 33.1 Å². The van der Waals surface area contributed by atoms with Gasteiger partial charge < -0.3 is 15.9 Å². The number of hydrogen-bond acceptors (Lipinski definition) is 8. The Hall–Kier alpha value is -3.28. The SMILES string of the molecule is Nn1c(N=Nc2c(O)[nH]c3ccc([N+](=O)[O-])cc23)n[nH]c1=S. The molecule has 0 spiro atoms. The second-order valence-electron chi connectivity index (χ2n) is 4.21. The van der Waals surface area contributed by atoms with Crippen molar-refractivity contribution >= 4 is 40.4 Å². The Kier molecular flexibility index (Phi) is 3.06. The normalized spacial score (nSPS) is 11.5. The van der Waals surface area contributed by atoms with E-state index in [1.54, 1.807) is 0 Å². The van der Waals surface area contributed by atoms with Gasteiger partial charge in [-0.25, -0.2) is 5.10 Å². The second kappa shape index (κ2) is 4.92. The van der Waals surface area contributed by atoms with E-state index in [-0.39, 0.29) is 28.0 Å². The van der Waals surface area contributed by atoms with Gasteiger partial charge in [-0.1, -0.05) is 0 Å². The minimum atomic E-state index is -0.546. The first-order valence-electron chi connectivity index (χ1n) is 5.80. The van der Waals surface area contributed by atoms with Gasteiger partial charge in [0.25, 0.3) is 11.6 Å². The van der Waals surface area contributed by atoms with Crippen LogP contribution in [-0.2, 0) is 0 Å². The van der Waals surface area contributed by atoms with E-state index in [0.29, 0.717) is 10.9 Å². The van der Waals surface area contributed by atoms with Crippen molar-refractivity contribution in [2.24, 2.45) is 10.2 Å². The summed E-state index contributed by atoms with van der Waals surface area (Å²) in [5.74, 6) is 5.27. The number of aromatic nitrogens is 4. The number of nitrogens with one attached hydrogen (secondary N) is 2. The Morgan fingerprint density at radius 2 is 2.23 bits per heavy atom. The quantitative estimate of drug-likeness (QED) is 0.190. The third kappa shape index (κ3) is 2.16. The first-order chi connectivity index (χ1) is 10.5. The molecule has 112 valence electrons. The maximum atomic E-state index is 10.8. The molecule has 0 bridgehead atoms. The molecule has 2 aromatic heterocycles. The Labute approximate surface area is 126 Å². The van der Waals surface area contributed by atoms with E-state index in [9.17, 15) is 15.2 Å². The van der Waals surface area contributed by atoms with E-state index >= 15 is 0 Å². The van der Waals surface area contributed by atoms with Gasteiger partial charge in [0.15, 0.2) is 5.69 Å². The second-order valence-corrected chi connectivity index (χ2v) is 4.59. The smallest absolute Gasteiger partial charge is 0.287 e. The molecular weight excluding hydrogens is 312 g/mol. The molecule has 1 aromatic carbocycles. The highest BCUT2D eigenvalue weighted by molar-refractivity contribution is 7.71. The highest BCUT2D eigenvalue weighted by atomic mass is 32.1. The summed E-state index contributed by atoms with van der Waals surface area (Å²) in [4.78, 5) is 12.9. The Balaban J connectivity index is 2.11. The molecule has 0 aliphatic carbocycles. The highest BCUT2D eigenvalue weighted by Gasteiger charge is 2.15. The Bertz CT molecular complexity index is 968. The Morgan fingerprint density at radius 3 is 2.86 bits per heavy atom. The lowest BCUT2D eigenvalue weighted by molar-refractivity contribution is -0.384. The summed E-state index contributed by atoms with van der Waals surface area (Å²) in [6.45, 7) is 0. The molecule has 12 heteroatoms. The minimum Gasteiger partial charge on any atom is -0.493 e. The van der Waals surface area contributed by atoms with E-state index < -0.39 is 4.92 Å². The molecule has 0 fully saturated rings. The number of fused-ring (bicyclic) bond motifs is 1. The van der Waals surface area contributed by atoms with Crippen molar-refractivity contribution in [3.8, 4) is 5.88 Å². The largest absolute Gasteiger partial charge is 0.493 e. The zero-order valence-corrected chi connectivity index (χ0v) is 11.5. The van der Waals surface area contributed by atoms with Gasteiger partial charge in [-0.15, -0.1) is 15.3 Å². The lowest BCUT2D eigenvalue weighted by Gasteiger charge is -1.93. The van der Waals surface area contributed by atoms with Crippen LogP contribution in [0.1, 0.15) is 0 Å². The van der Waals surface area contributed by atoms with Gasteiger partial charge in [0, 0.05) is 17.5 Å². The number of benzene rings is 1. The molecule has 0 aliphatic heterocycles. The van der Waals surface area contributed by atoms with Gasteiger partial charge >= 0.3 is 0 Å². The van der Waals surface area contributed by atoms with Gasteiger partial charge in [0.2, 0.25) is 10.7 Å². The van der Waals surface area contributed by atoms with Crippen LogP contribution in [0.4, 0.5) is 17.3 Å². The fourth-order valence-corrected chi connectivity index (χ4v) is 1.96. The molecule has 11 nitrogen and oxygen atoms in total. The van der Waals surface area contributed by atoms with Crippen LogP contribution in [0.3, 0.4) is 0 Å². The first-order valence-corrected chi connectivity index (χ1v) is 6.21. The molecule has 3 aromatic rings. The van der Waals surface area contributed by atoms with Crippen molar-refractivity contribution in [2.75, 3.05) is 5.84 Å². The molecule has 0 radical (unpaired) electrons. The van der Waals surface area contributed by atoms with Crippen molar-refractivity contribution in [2.45, 2.75) is 0 Å². The molecule has 5 N–H and O–H groups in total. The maximum Gasteiger partial charge on any atom is 0.287 e. The van der Waals surface area contributed by atoms with Crippen LogP contribution in [-0.4, -0.2) is 29.9 Å². The number of rotatable bonds is 3. The molecule has 3 rings (SSSR count). The third-order valence-electron chi connectivity index (χ3n) is 2.87. The predicted molar refractivity (Wildman–Crippen MR) is 78.4 cm³/mol. The van der Waals surface area contributed by atoms with Crippen molar-refractivity contribution in [1.29, 1.82) is 0 Å². The topological polar surface area (TPSA) is 164 Å². The van der Waals surface area contributed by atoms with Crippen molar-refractivity contribution < 1.29 is 10.0 Å². The van der Waals surface area contributed by atoms with Crippen LogP contribution in [0, 0.1) is 14.9 Å². The lowest BCUT2D eigenvalue weighted by Crippen LogP contribution is -2.06. The van der Waals surface area contributed by atoms with Gasteiger partial charge in [-0.3, -0.25) is 10.1 Å². The Morgan fingerprint density at radius 1 is 1.45 bits per heavy atom. The van der Waals surface area contributed by atoms with Crippen LogP contribution in [0.15, 0.2) is 28.4 Å². The van der Waals surface area contributed by atoms with Crippen LogP contribution in [0.2, 0.25) is 0 Å². The number of azo groups is 1. The summed E-state index contributed by atoms with van der Waals surface area (Å²) in [5.41, 5.74) is 0.376. The van der Waals surface area contributed by atoms with E-state index in [2.05, 4.69) is 25.4 Å². The summed E-state index contributed by atoms with van der Waals surface area (Å²) in [6, 6.07) is 4.05. The standard InChI is InChI=1S/C10H8N8O3S/c11-17-9(15-16-10(17)22)14-13-7-5-3-4(18(20)21)1-2-6(5)12-8(7)19/h1-3,12,19H,11H2,(H,16,22). The molecule has 0 amide bonds. The molecule has 0 atom stereocenters. The number of nitrogens with two attached hydrogens (primary N) is 1. The van der Waals surface area contributed by atoms with E-state index in [1.807, 2.05) is 0 Å². The number of H-pyrrole nitrogens is 2. The first kappa shape index (κ1) is 13.7. The van der Waals surface area contributed by atoms with Crippen LogP contribution in [0.25, 0.3) is 10.9 Å². The fourth-order valence-electron chi connectivity index (χ4n) is 1.83. The summed E-state index contributed by atoms with van der Waals surface area (Å²) in [5, 5.41) is 34.8. The van der Waals surface area contributed by atoms with E-state index in [0.717, 1.165) is 4.68 Å². The highest BCUT2D eigenvalue weighted by Crippen LogP contribution is 2.37. The summed E-state index contributed by atoms with van der Waals surface area (Å²) in [7, 11) is 0. The summed E-state index contributed by atoms with van der Waals surface area (Å²) < 4.78 is 1.14. The number of non-ortho nitro benzene ring substituents is 1. The van der Waals surface area contributed by atoms with Crippen LogP contribution in [0.5, 0.6) is 5.88 Å². The summed E-state index contributed by atoms with van der Waals surface area (Å²) in [6.07, 6.45) is 0. The average molecular weight is 320 g/mol. The minimum absolute atomic E-state index is 0.0100. The molecule has 2 heterocycles. The zero-order valence-electron chi connectivity index (χ0n) is 10.7. The van der Waals surface area contributed by atoms with Crippen LogP contribution < -0.4 is 5.84 Å². The molecule has 0 saturated carbocycles. The number of nitro groups is 1. The number of nitro benzene ring substituents is 1. The average Bonchev–Trinajstić information content (AvgIpc) is 2.97. The van der Waals surface area contributed by atoms with E-state index in [1.165, 1.54) is 18.2 Å². The van der Waals surface area contributed by atoms with Gasteiger partial charge in [0.05, 0.1) is 10.4 Å². The number of aromatic amines is 2. The van der Waals surface area contributed by atoms with Gasteiger partial charge in [0.1, 0.15) is 0 Å². The molecular formula is C10H8N8O3S. The van der Waals surface area contributed by atoms with Crippen molar-refractivity contribution in [1.82, 2.24) is 19.9 Å². The monoisotopic (exact) mass is 320 g/mol. The van der Waals surface area contributed by atoms with E-state index in [4.69, 9.17) is 18.1 Å². The number of nitrogens with zero attached hydrogens (tertiary/aromatic N) is 5. The number of aromatic hydroxyl groups is 1. The van der Waals surface area contributed by atoms with Gasteiger partial charge in [-0.05, 0) is 18.3 Å². The molecule has 0 aliphatic rings. The molecule has 0 unspecified atom stereocenters. The van der Waals surface area contributed by atoms with Crippen LogP contribution >= 0.6 is 12.2 Å².